The summed E-state index contributed by atoms with van der Waals surface area (Å²) in [6, 6.07) is 23.7. The van der Waals surface area contributed by atoms with Crippen LogP contribution in [0.2, 0.25) is 0 Å². The minimum Gasteiger partial charge on any atom is -0.477 e. The Labute approximate surface area is 230 Å². The number of benzene rings is 3. The Hall–Kier alpha value is -3.69. The number of nitrogens with zero attached hydrogens (tertiary/aromatic N) is 1. The molecule has 0 spiro atoms. The molecule has 0 aromatic heterocycles. The van der Waals surface area contributed by atoms with Crippen molar-refractivity contribution in [3.8, 4) is 5.75 Å². The van der Waals surface area contributed by atoms with Crippen LogP contribution in [0.25, 0.3) is 0 Å². The van der Waals surface area contributed by atoms with Gasteiger partial charge in [0.05, 0.1) is 17.1 Å². The number of para-hydroxylation sites is 2. The fourth-order valence-electron chi connectivity index (χ4n) is 4.28. The fourth-order valence-corrected chi connectivity index (χ4v) is 5.49. The third kappa shape index (κ3) is 7.68. The molecule has 1 atom stereocenters. The van der Waals surface area contributed by atoms with Crippen LogP contribution in [0.3, 0.4) is 0 Å². The molecule has 1 heterocycles. The summed E-state index contributed by atoms with van der Waals surface area (Å²) in [5, 5.41) is 2.93. The lowest BCUT2D eigenvalue weighted by molar-refractivity contribution is -0.128. The summed E-state index contributed by atoms with van der Waals surface area (Å²) >= 11 is 0. The molecule has 0 aliphatic carbocycles. The maximum atomic E-state index is 13.3. The third-order valence-corrected chi connectivity index (χ3v) is 7.91. The minimum atomic E-state index is -3.57. The number of rotatable bonds is 11. The molecule has 206 valence electrons. The standard InChI is InChI=1S/C30H35N3O5S/c1-22(2)20-32-39(36,37)25-15-12-24(13-16-25)14-17-29(34)33-21-28(38-27-11-7-6-10-26(27)33)30(35)31-19-18-23-8-4-3-5-9-23/h3-13,15-16,22,28,32H,14,17-21H2,1-2H3,(H,31,35). The number of carbonyl (C=O) groups is 2. The van der Waals surface area contributed by atoms with E-state index in [0.717, 1.165) is 11.1 Å². The van der Waals surface area contributed by atoms with Gasteiger partial charge in [-0.15, -0.1) is 0 Å². The molecule has 39 heavy (non-hydrogen) atoms. The summed E-state index contributed by atoms with van der Waals surface area (Å²) in [7, 11) is -3.57. The molecule has 2 amide bonds. The first kappa shape index (κ1) is 28.3. The van der Waals surface area contributed by atoms with E-state index in [4.69, 9.17) is 4.74 Å². The van der Waals surface area contributed by atoms with E-state index >= 15 is 0 Å². The van der Waals surface area contributed by atoms with E-state index in [1.165, 1.54) is 0 Å². The average Bonchev–Trinajstić information content (AvgIpc) is 2.95. The fraction of sp³-hybridized carbons (Fsp3) is 0.333. The molecule has 4 rings (SSSR count). The number of nitrogens with one attached hydrogen (secondary N) is 2. The maximum absolute atomic E-state index is 13.3. The van der Waals surface area contributed by atoms with E-state index in [2.05, 4.69) is 10.0 Å². The Morgan fingerprint density at radius 1 is 0.923 bits per heavy atom. The first-order valence-corrected chi connectivity index (χ1v) is 14.7. The second kappa shape index (κ2) is 12.9. The molecule has 1 unspecified atom stereocenters. The number of sulfonamides is 1. The number of anilines is 1. The highest BCUT2D eigenvalue weighted by molar-refractivity contribution is 7.89. The Kier molecular flexibility index (Phi) is 9.37. The minimum absolute atomic E-state index is 0.117. The highest BCUT2D eigenvalue weighted by atomic mass is 32.2. The summed E-state index contributed by atoms with van der Waals surface area (Å²) in [4.78, 5) is 28.0. The van der Waals surface area contributed by atoms with E-state index < -0.39 is 16.1 Å². The van der Waals surface area contributed by atoms with Gasteiger partial charge in [-0.05, 0) is 54.2 Å². The first-order chi connectivity index (χ1) is 18.7. The Bertz CT molecular complexity index is 1380. The van der Waals surface area contributed by atoms with Crippen LogP contribution < -0.4 is 19.7 Å². The zero-order valence-electron chi connectivity index (χ0n) is 22.3. The van der Waals surface area contributed by atoms with Gasteiger partial charge in [0, 0.05) is 19.5 Å². The van der Waals surface area contributed by atoms with Crippen molar-refractivity contribution < 1.29 is 22.7 Å². The molecule has 1 aliphatic heterocycles. The molecule has 8 nitrogen and oxygen atoms in total. The SMILES string of the molecule is CC(C)CNS(=O)(=O)c1ccc(CCC(=O)N2CC(C(=O)NCCc3ccccc3)Oc3ccccc32)cc1. The average molecular weight is 550 g/mol. The number of fused-ring (bicyclic) bond motifs is 1. The predicted octanol–water partition coefficient (Wildman–Crippen LogP) is 3.71. The van der Waals surface area contributed by atoms with Crippen molar-refractivity contribution in [2.75, 3.05) is 24.5 Å². The summed E-state index contributed by atoms with van der Waals surface area (Å²) in [5.41, 5.74) is 2.61. The van der Waals surface area contributed by atoms with Gasteiger partial charge in [-0.3, -0.25) is 9.59 Å². The zero-order valence-corrected chi connectivity index (χ0v) is 23.1. The molecule has 0 bridgehead atoms. The van der Waals surface area contributed by atoms with E-state index in [1.807, 2.05) is 56.3 Å². The Morgan fingerprint density at radius 2 is 1.59 bits per heavy atom. The Balaban J connectivity index is 1.36. The maximum Gasteiger partial charge on any atom is 0.262 e. The molecule has 2 N–H and O–H groups in total. The van der Waals surface area contributed by atoms with Crippen molar-refractivity contribution in [1.82, 2.24) is 10.0 Å². The molecule has 9 heteroatoms. The van der Waals surface area contributed by atoms with Crippen molar-refractivity contribution in [1.29, 1.82) is 0 Å². The van der Waals surface area contributed by atoms with Crippen LogP contribution >= 0.6 is 0 Å². The molecule has 0 saturated carbocycles. The number of aryl methyl sites for hydroxylation is 1. The molecule has 3 aromatic rings. The number of hydrogen-bond donors (Lipinski definition) is 2. The van der Waals surface area contributed by atoms with Crippen molar-refractivity contribution in [2.24, 2.45) is 5.92 Å². The van der Waals surface area contributed by atoms with Crippen molar-refractivity contribution >= 4 is 27.5 Å². The smallest absolute Gasteiger partial charge is 0.262 e. The zero-order chi connectivity index (χ0) is 27.8. The third-order valence-electron chi connectivity index (χ3n) is 6.47. The van der Waals surface area contributed by atoms with Gasteiger partial charge in [0.15, 0.2) is 6.10 Å². The number of amides is 2. The summed E-state index contributed by atoms with van der Waals surface area (Å²) in [5.74, 6) is 0.295. The van der Waals surface area contributed by atoms with E-state index in [1.54, 1.807) is 41.3 Å². The molecule has 0 radical (unpaired) electrons. The van der Waals surface area contributed by atoms with Crippen molar-refractivity contribution in [3.05, 3.63) is 90.0 Å². The Morgan fingerprint density at radius 3 is 2.31 bits per heavy atom. The van der Waals surface area contributed by atoms with Gasteiger partial charge in [0.1, 0.15) is 5.75 Å². The molecule has 0 fully saturated rings. The summed E-state index contributed by atoms with van der Waals surface area (Å²) in [6.07, 6.45) is 0.523. The lowest BCUT2D eigenvalue weighted by atomic mass is 10.1. The number of hydrogen-bond acceptors (Lipinski definition) is 5. The van der Waals surface area contributed by atoms with Gasteiger partial charge >= 0.3 is 0 Å². The molecular weight excluding hydrogens is 514 g/mol. The van der Waals surface area contributed by atoms with Crippen LogP contribution in [-0.4, -0.2) is 46.0 Å². The number of carbonyl (C=O) groups excluding carboxylic acids is 2. The van der Waals surface area contributed by atoms with Crippen molar-refractivity contribution in [3.63, 3.8) is 0 Å². The van der Waals surface area contributed by atoms with Gasteiger partial charge in [0.25, 0.3) is 5.91 Å². The first-order valence-electron chi connectivity index (χ1n) is 13.2. The van der Waals surface area contributed by atoms with Crippen LogP contribution in [0.1, 0.15) is 31.4 Å². The van der Waals surface area contributed by atoms with Gasteiger partial charge in [-0.1, -0.05) is 68.4 Å². The summed E-state index contributed by atoms with van der Waals surface area (Å²) in [6.45, 7) is 4.83. The highest BCUT2D eigenvalue weighted by Gasteiger charge is 2.33. The summed E-state index contributed by atoms with van der Waals surface area (Å²) < 4.78 is 33.4. The molecule has 1 aliphatic rings. The normalized spacial score (nSPS) is 14.9. The lowest BCUT2D eigenvalue weighted by Gasteiger charge is -2.34. The second-order valence-electron chi connectivity index (χ2n) is 9.99. The van der Waals surface area contributed by atoms with Crippen LogP contribution in [-0.2, 0) is 32.5 Å². The van der Waals surface area contributed by atoms with E-state index in [-0.39, 0.29) is 35.6 Å². The lowest BCUT2D eigenvalue weighted by Crippen LogP contribution is -2.51. The highest BCUT2D eigenvalue weighted by Crippen LogP contribution is 2.33. The molecule has 0 saturated heterocycles. The van der Waals surface area contributed by atoms with Gasteiger partial charge in [-0.25, -0.2) is 13.1 Å². The van der Waals surface area contributed by atoms with Crippen LogP contribution in [0.5, 0.6) is 5.75 Å². The largest absolute Gasteiger partial charge is 0.477 e. The second-order valence-corrected chi connectivity index (χ2v) is 11.8. The van der Waals surface area contributed by atoms with Gasteiger partial charge in [-0.2, -0.15) is 0 Å². The van der Waals surface area contributed by atoms with Gasteiger partial charge in [0.2, 0.25) is 15.9 Å². The van der Waals surface area contributed by atoms with Crippen LogP contribution in [0.4, 0.5) is 5.69 Å². The van der Waals surface area contributed by atoms with E-state index in [9.17, 15) is 18.0 Å². The van der Waals surface area contributed by atoms with Gasteiger partial charge < -0.3 is 15.0 Å². The quantitative estimate of drug-likeness (QED) is 0.380. The van der Waals surface area contributed by atoms with Crippen LogP contribution in [0.15, 0.2) is 83.8 Å². The monoisotopic (exact) mass is 549 g/mol. The van der Waals surface area contributed by atoms with Crippen molar-refractivity contribution in [2.45, 2.75) is 44.1 Å². The number of ether oxygens (including phenoxy) is 1. The predicted molar refractivity (Wildman–Crippen MR) is 151 cm³/mol. The van der Waals surface area contributed by atoms with E-state index in [0.29, 0.717) is 37.4 Å². The molecule has 3 aromatic carbocycles. The van der Waals surface area contributed by atoms with Crippen LogP contribution in [0, 0.1) is 5.92 Å². The topological polar surface area (TPSA) is 105 Å². The molecular formula is C30H35N3O5S.